The van der Waals surface area contributed by atoms with E-state index in [0.29, 0.717) is 5.02 Å². The van der Waals surface area contributed by atoms with Crippen LogP contribution in [-0.4, -0.2) is 17.3 Å². The van der Waals surface area contributed by atoms with E-state index in [2.05, 4.69) is 10.2 Å². The molecule has 1 heterocycles. The highest BCUT2D eigenvalue weighted by Gasteiger charge is 2.12. The van der Waals surface area contributed by atoms with Gasteiger partial charge in [0, 0.05) is 16.0 Å². The van der Waals surface area contributed by atoms with Gasteiger partial charge in [-0.25, -0.2) is 0 Å². The fourth-order valence-electron chi connectivity index (χ4n) is 2.03. The number of methoxy groups -OCH3 is 1. The minimum Gasteiger partial charge on any atom is -0.496 e. The van der Waals surface area contributed by atoms with Crippen LogP contribution in [-0.2, 0) is 0 Å². The zero-order valence-corrected chi connectivity index (χ0v) is 10.5. The molecule has 1 N–H and O–H groups in total. The molecule has 3 aromatic rings. The van der Waals surface area contributed by atoms with Crippen LogP contribution in [0.5, 0.6) is 5.75 Å². The fraction of sp³-hybridized carbons (Fsp3) is 0.0714. The first kappa shape index (κ1) is 11.1. The summed E-state index contributed by atoms with van der Waals surface area (Å²) in [6.07, 6.45) is 0. The molecule has 3 rings (SSSR count). The maximum atomic E-state index is 6.05. The smallest absolute Gasteiger partial charge is 0.128 e. The molecule has 0 amide bonds. The third-order valence-electron chi connectivity index (χ3n) is 2.89. The van der Waals surface area contributed by atoms with Gasteiger partial charge in [0.15, 0.2) is 0 Å². The predicted molar refractivity (Wildman–Crippen MR) is 73.1 cm³/mol. The van der Waals surface area contributed by atoms with Gasteiger partial charge in [0.25, 0.3) is 0 Å². The molecule has 0 bridgehead atoms. The summed E-state index contributed by atoms with van der Waals surface area (Å²) >= 11 is 6.05. The summed E-state index contributed by atoms with van der Waals surface area (Å²) in [6.45, 7) is 0. The number of nitrogens with one attached hydrogen (secondary N) is 1. The Bertz CT molecular complexity index is 706. The van der Waals surface area contributed by atoms with Gasteiger partial charge in [-0.3, -0.25) is 5.10 Å². The van der Waals surface area contributed by atoms with Crippen molar-refractivity contribution in [1.29, 1.82) is 0 Å². The fourth-order valence-corrected chi connectivity index (χ4v) is 2.21. The first-order valence-corrected chi connectivity index (χ1v) is 5.94. The van der Waals surface area contributed by atoms with Gasteiger partial charge >= 0.3 is 0 Å². The summed E-state index contributed by atoms with van der Waals surface area (Å²) < 4.78 is 5.36. The molecule has 0 fully saturated rings. The number of para-hydroxylation sites is 1. The Morgan fingerprint density at radius 2 is 2.00 bits per heavy atom. The number of benzene rings is 2. The number of hydrogen-bond acceptors (Lipinski definition) is 2. The third-order valence-corrected chi connectivity index (χ3v) is 3.12. The second kappa shape index (κ2) is 4.35. The Morgan fingerprint density at radius 1 is 1.17 bits per heavy atom. The summed E-state index contributed by atoms with van der Waals surface area (Å²) in [5, 5.41) is 9.08. The van der Waals surface area contributed by atoms with Crippen LogP contribution in [0.2, 0.25) is 5.02 Å². The second-order valence-electron chi connectivity index (χ2n) is 3.96. The molecule has 0 radical (unpaired) electrons. The highest BCUT2D eigenvalue weighted by Crippen LogP contribution is 2.34. The summed E-state index contributed by atoms with van der Waals surface area (Å²) in [6, 6.07) is 13.5. The molecular formula is C14H11ClN2O. The van der Waals surface area contributed by atoms with E-state index in [4.69, 9.17) is 16.3 Å². The van der Waals surface area contributed by atoms with Gasteiger partial charge in [-0.1, -0.05) is 29.8 Å². The largest absolute Gasteiger partial charge is 0.496 e. The number of rotatable bonds is 2. The monoisotopic (exact) mass is 258 g/mol. The van der Waals surface area contributed by atoms with Crippen molar-refractivity contribution in [2.75, 3.05) is 7.11 Å². The Kier molecular flexibility index (Phi) is 2.68. The van der Waals surface area contributed by atoms with Crippen LogP contribution in [0.4, 0.5) is 0 Å². The van der Waals surface area contributed by atoms with Gasteiger partial charge in [0.05, 0.1) is 12.6 Å². The van der Waals surface area contributed by atoms with E-state index in [-0.39, 0.29) is 0 Å². The van der Waals surface area contributed by atoms with Gasteiger partial charge in [-0.15, -0.1) is 0 Å². The molecule has 18 heavy (non-hydrogen) atoms. The van der Waals surface area contributed by atoms with Gasteiger partial charge < -0.3 is 4.74 Å². The number of halogens is 1. The van der Waals surface area contributed by atoms with Crippen LogP contribution in [0, 0.1) is 0 Å². The van der Waals surface area contributed by atoms with Gasteiger partial charge in [-0.2, -0.15) is 5.10 Å². The number of nitrogens with zero attached hydrogens (tertiary/aromatic N) is 1. The van der Waals surface area contributed by atoms with Crippen LogP contribution < -0.4 is 4.74 Å². The summed E-state index contributed by atoms with van der Waals surface area (Å²) in [7, 11) is 1.64. The quantitative estimate of drug-likeness (QED) is 0.757. The average Bonchev–Trinajstić information content (AvgIpc) is 2.82. The number of ether oxygens (including phenoxy) is 1. The Morgan fingerprint density at radius 3 is 2.83 bits per heavy atom. The van der Waals surface area contributed by atoms with Crippen molar-refractivity contribution in [2.45, 2.75) is 0 Å². The Hall–Kier alpha value is -2.00. The second-order valence-corrected chi connectivity index (χ2v) is 4.40. The lowest BCUT2D eigenvalue weighted by molar-refractivity contribution is 0.416. The van der Waals surface area contributed by atoms with Crippen molar-refractivity contribution in [1.82, 2.24) is 10.2 Å². The highest BCUT2D eigenvalue weighted by atomic mass is 35.5. The molecular weight excluding hydrogens is 248 g/mol. The standard InChI is InChI=1S/C14H11ClN2O/c1-18-13-7-6-9(15)8-11(13)14-10-4-2-3-5-12(10)16-17-14/h2-8H,1H3,(H,16,17). The molecule has 2 aromatic carbocycles. The summed E-state index contributed by atoms with van der Waals surface area (Å²) in [4.78, 5) is 0. The van der Waals surface area contributed by atoms with Crippen LogP contribution in [0.3, 0.4) is 0 Å². The molecule has 0 atom stereocenters. The zero-order chi connectivity index (χ0) is 12.5. The first-order chi connectivity index (χ1) is 8.79. The van der Waals surface area contributed by atoms with E-state index in [1.54, 1.807) is 13.2 Å². The molecule has 0 spiro atoms. The van der Waals surface area contributed by atoms with Crippen LogP contribution >= 0.6 is 11.6 Å². The molecule has 0 unspecified atom stereocenters. The van der Waals surface area contributed by atoms with Crippen molar-refractivity contribution in [3.63, 3.8) is 0 Å². The van der Waals surface area contributed by atoms with Crippen molar-refractivity contribution >= 4 is 22.5 Å². The van der Waals surface area contributed by atoms with Crippen LogP contribution in [0.1, 0.15) is 0 Å². The molecule has 0 aliphatic rings. The topological polar surface area (TPSA) is 37.9 Å². The van der Waals surface area contributed by atoms with E-state index >= 15 is 0 Å². The van der Waals surface area contributed by atoms with E-state index in [9.17, 15) is 0 Å². The van der Waals surface area contributed by atoms with Crippen LogP contribution in [0.15, 0.2) is 42.5 Å². The number of fused-ring (bicyclic) bond motifs is 1. The molecule has 0 aliphatic carbocycles. The molecule has 0 saturated carbocycles. The molecule has 1 aromatic heterocycles. The Balaban J connectivity index is 2.29. The third kappa shape index (κ3) is 1.73. The lowest BCUT2D eigenvalue weighted by atomic mass is 10.1. The molecule has 0 aliphatic heterocycles. The van der Waals surface area contributed by atoms with Gasteiger partial charge in [-0.05, 0) is 24.3 Å². The molecule has 4 heteroatoms. The summed E-state index contributed by atoms with van der Waals surface area (Å²) in [5.41, 5.74) is 2.74. The van der Waals surface area contributed by atoms with Crippen molar-refractivity contribution < 1.29 is 4.74 Å². The molecule has 3 nitrogen and oxygen atoms in total. The van der Waals surface area contributed by atoms with E-state index in [0.717, 1.165) is 27.9 Å². The SMILES string of the molecule is COc1ccc(Cl)cc1-c1n[nH]c2ccccc12. The predicted octanol–water partition coefficient (Wildman–Crippen LogP) is 3.89. The lowest BCUT2D eigenvalue weighted by Gasteiger charge is -2.06. The first-order valence-electron chi connectivity index (χ1n) is 5.56. The van der Waals surface area contributed by atoms with Crippen molar-refractivity contribution in [2.24, 2.45) is 0 Å². The van der Waals surface area contributed by atoms with E-state index in [1.165, 1.54) is 0 Å². The summed E-state index contributed by atoms with van der Waals surface area (Å²) in [5.74, 6) is 0.761. The normalized spacial score (nSPS) is 10.8. The molecule has 0 saturated heterocycles. The van der Waals surface area contributed by atoms with Crippen LogP contribution in [0.25, 0.3) is 22.2 Å². The van der Waals surface area contributed by atoms with Crippen molar-refractivity contribution in [3.05, 3.63) is 47.5 Å². The maximum Gasteiger partial charge on any atom is 0.128 e. The maximum absolute atomic E-state index is 6.05. The minimum absolute atomic E-state index is 0.665. The number of aromatic nitrogens is 2. The average molecular weight is 259 g/mol. The Labute approximate surface area is 109 Å². The van der Waals surface area contributed by atoms with Gasteiger partial charge in [0.1, 0.15) is 11.4 Å². The highest BCUT2D eigenvalue weighted by molar-refractivity contribution is 6.31. The lowest BCUT2D eigenvalue weighted by Crippen LogP contribution is -1.88. The minimum atomic E-state index is 0.665. The number of hydrogen-bond donors (Lipinski definition) is 1. The zero-order valence-electron chi connectivity index (χ0n) is 9.77. The number of H-pyrrole nitrogens is 1. The van der Waals surface area contributed by atoms with Gasteiger partial charge in [0.2, 0.25) is 0 Å². The number of aromatic amines is 1. The van der Waals surface area contributed by atoms with E-state index < -0.39 is 0 Å². The van der Waals surface area contributed by atoms with Crippen molar-refractivity contribution in [3.8, 4) is 17.0 Å². The van der Waals surface area contributed by atoms with E-state index in [1.807, 2.05) is 36.4 Å². The molecule has 90 valence electrons.